The second-order valence-electron chi connectivity index (χ2n) is 3.66. The fraction of sp³-hybridized carbons (Fsp3) is 0.500. The molecule has 0 radical (unpaired) electrons. The maximum atomic E-state index is 11.2. The third-order valence-electron chi connectivity index (χ3n) is 2.42. The topological polar surface area (TPSA) is 88.3 Å². The molecule has 1 aromatic rings. The number of nitrogens with zero attached hydrogens (tertiary/aromatic N) is 4. The van der Waals surface area contributed by atoms with Gasteiger partial charge in [-0.15, -0.1) is 0 Å². The summed E-state index contributed by atoms with van der Waals surface area (Å²) in [7, 11) is 2.93. The van der Waals surface area contributed by atoms with E-state index in [1.807, 2.05) is 6.07 Å². The van der Waals surface area contributed by atoms with Gasteiger partial charge in [0.15, 0.2) is 0 Å². The SMILES string of the molecule is COCCN(CCC(=O)OC)c1nccc(C#N)n1. The standard InChI is InChI=1S/C12H16N4O3/c1-18-8-7-16(6-4-11(17)19-2)12-14-5-3-10(9-13)15-12/h3,5H,4,6-8H2,1-2H3. The minimum Gasteiger partial charge on any atom is -0.469 e. The van der Waals surface area contributed by atoms with Gasteiger partial charge in [0.2, 0.25) is 5.95 Å². The molecule has 0 fully saturated rings. The Bertz CT molecular complexity index is 459. The summed E-state index contributed by atoms with van der Waals surface area (Å²) in [6.45, 7) is 1.41. The van der Waals surface area contributed by atoms with E-state index < -0.39 is 0 Å². The molecule has 0 aliphatic heterocycles. The molecule has 7 heteroatoms. The number of carbonyl (C=O) groups is 1. The first-order valence-corrected chi connectivity index (χ1v) is 5.75. The Balaban J connectivity index is 2.76. The first-order valence-electron chi connectivity index (χ1n) is 5.75. The molecule has 0 spiro atoms. The molecule has 19 heavy (non-hydrogen) atoms. The minimum absolute atomic E-state index is 0.223. The summed E-state index contributed by atoms with van der Waals surface area (Å²) in [5.41, 5.74) is 0.283. The lowest BCUT2D eigenvalue weighted by Gasteiger charge is -2.21. The number of nitriles is 1. The molecule has 0 saturated carbocycles. The van der Waals surface area contributed by atoms with Crippen molar-refractivity contribution in [1.82, 2.24) is 9.97 Å². The van der Waals surface area contributed by atoms with Crippen molar-refractivity contribution in [2.75, 3.05) is 38.8 Å². The van der Waals surface area contributed by atoms with Crippen LogP contribution in [0.15, 0.2) is 12.3 Å². The van der Waals surface area contributed by atoms with E-state index in [4.69, 9.17) is 10.00 Å². The van der Waals surface area contributed by atoms with E-state index in [9.17, 15) is 4.79 Å². The number of esters is 1. The Kier molecular flexibility index (Phi) is 6.26. The molecule has 0 atom stereocenters. The maximum Gasteiger partial charge on any atom is 0.307 e. The molecule has 1 rings (SSSR count). The maximum absolute atomic E-state index is 11.2. The van der Waals surface area contributed by atoms with Crippen molar-refractivity contribution in [2.24, 2.45) is 0 Å². The number of hydrogen-bond donors (Lipinski definition) is 0. The van der Waals surface area contributed by atoms with E-state index in [1.165, 1.54) is 19.4 Å². The highest BCUT2D eigenvalue weighted by Crippen LogP contribution is 2.08. The van der Waals surface area contributed by atoms with Crippen molar-refractivity contribution < 1.29 is 14.3 Å². The average molecular weight is 264 g/mol. The summed E-state index contributed by atoms with van der Waals surface area (Å²) in [4.78, 5) is 21.1. The monoisotopic (exact) mass is 264 g/mol. The van der Waals surface area contributed by atoms with E-state index >= 15 is 0 Å². The fourth-order valence-electron chi connectivity index (χ4n) is 1.40. The number of carbonyl (C=O) groups excluding carboxylic acids is 1. The molecule has 0 amide bonds. The molecular formula is C12H16N4O3. The van der Waals surface area contributed by atoms with E-state index in [-0.39, 0.29) is 18.1 Å². The fourth-order valence-corrected chi connectivity index (χ4v) is 1.40. The van der Waals surface area contributed by atoms with Crippen LogP contribution in [0.3, 0.4) is 0 Å². The first kappa shape index (κ1) is 14.9. The Morgan fingerprint density at radius 1 is 1.47 bits per heavy atom. The number of ether oxygens (including phenoxy) is 2. The Morgan fingerprint density at radius 3 is 2.89 bits per heavy atom. The molecule has 0 unspecified atom stereocenters. The summed E-state index contributed by atoms with van der Waals surface area (Å²) in [5.74, 6) is 0.0962. The van der Waals surface area contributed by atoms with Gasteiger partial charge < -0.3 is 14.4 Å². The Morgan fingerprint density at radius 2 is 2.26 bits per heavy atom. The molecule has 0 aliphatic carbocycles. The molecule has 0 bridgehead atoms. The molecule has 0 saturated heterocycles. The van der Waals surface area contributed by atoms with Crippen LogP contribution in [-0.2, 0) is 14.3 Å². The largest absolute Gasteiger partial charge is 0.469 e. The average Bonchev–Trinajstić information content (AvgIpc) is 2.47. The van der Waals surface area contributed by atoms with Crippen LogP contribution in [0.5, 0.6) is 0 Å². The zero-order valence-electron chi connectivity index (χ0n) is 11.0. The summed E-state index contributed by atoms with van der Waals surface area (Å²) >= 11 is 0. The van der Waals surface area contributed by atoms with E-state index in [2.05, 4.69) is 14.7 Å². The van der Waals surface area contributed by atoms with Gasteiger partial charge in [0.25, 0.3) is 0 Å². The van der Waals surface area contributed by atoms with E-state index in [0.717, 1.165) is 0 Å². The highest BCUT2D eigenvalue weighted by atomic mass is 16.5. The van der Waals surface area contributed by atoms with Gasteiger partial charge in [-0.2, -0.15) is 5.26 Å². The van der Waals surface area contributed by atoms with Crippen LogP contribution in [0.2, 0.25) is 0 Å². The minimum atomic E-state index is -0.307. The lowest BCUT2D eigenvalue weighted by molar-refractivity contribution is -0.140. The van der Waals surface area contributed by atoms with Crippen molar-refractivity contribution in [1.29, 1.82) is 5.26 Å². The van der Waals surface area contributed by atoms with Gasteiger partial charge in [-0.1, -0.05) is 0 Å². The highest BCUT2D eigenvalue weighted by molar-refractivity contribution is 5.69. The zero-order chi connectivity index (χ0) is 14.1. The van der Waals surface area contributed by atoms with Gasteiger partial charge in [0, 0.05) is 26.4 Å². The molecule has 7 nitrogen and oxygen atoms in total. The summed E-state index contributed by atoms with van der Waals surface area (Å²) in [6.07, 6.45) is 1.74. The van der Waals surface area contributed by atoms with E-state index in [1.54, 1.807) is 12.0 Å². The third kappa shape index (κ3) is 4.89. The number of methoxy groups -OCH3 is 2. The van der Waals surface area contributed by atoms with Gasteiger partial charge >= 0.3 is 5.97 Å². The summed E-state index contributed by atoms with van der Waals surface area (Å²) in [5, 5.41) is 8.82. The number of rotatable bonds is 7. The molecule has 1 aromatic heterocycles. The Labute approximate surface area is 111 Å². The molecule has 1 heterocycles. The van der Waals surface area contributed by atoms with Crippen LogP contribution < -0.4 is 4.90 Å². The molecule has 0 N–H and O–H groups in total. The van der Waals surface area contributed by atoms with Crippen molar-refractivity contribution in [2.45, 2.75) is 6.42 Å². The Hall–Kier alpha value is -2.20. The smallest absolute Gasteiger partial charge is 0.307 e. The number of hydrogen-bond acceptors (Lipinski definition) is 7. The van der Waals surface area contributed by atoms with E-state index in [0.29, 0.717) is 25.6 Å². The van der Waals surface area contributed by atoms with Crippen molar-refractivity contribution in [3.05, 3.63) is 18.0 Å². The van der Waals surface area contributed by atoms with Crippen LogP contribution in [0.4, 0.5) is 5.95 Å². The van der Waals surface area contributed by atoms with Crippen LogP contribution in [0.1, 0.15) is 12.1 Å². The van der Waals surface area contributed by atoms with Gasteiger partial charge in [-0.25, -0.2) is 9.97 Å². The van der Waals surface area contributed by atoms with Crippen LogP contribution in [-0.4, -0.2) is 49.9 Å². The van der Waals surface area contributed by atoms with Gasteiger partial charge in [0.1, 0.15) is 11.8 Å². The summed E-state index contributed by atoms with van der Waals surface area (Å²) < 4.78 is 9.60. The van der Waals surface area contributed by atoms with Crippen molar-refractivity contribution >= 4 is 11.9 Å². The van der Waals surface area contributed by atoms with Crippen molar-refractivity contribution in [3.63, 3.8) is 0 Å². The highest BCUT2D eigenvalue weighted by Gasteiger charge is 2.12. The van der Waals surface area contributed by atoms with Gasteiger partial charge in [0.05, 0.1) is 20.1 Å². The van der Waals surface area contributed by atoms with Crippen LogP contribution in [0, 0.1) is 11.3 Å². The number of anilines is 1. The van der Waals surface area contributed by atoms with Crippen molar-refractivity contribution in [3.8, 4) is 6.07 Å². The summed E-state index contributed by atoms with van der Waals surface area (Å²) in [6, 6.07) is 3.48. The van der Waals surface area contributed by atoms with Gasteiger partial charge in [-0.3, -0.25) is 4.79 Å². The molecule has 0 aliphatic rings. The lowest BCUT2D eigenvalue weighted by Crippen LogP contribution is -2.31. The normalized spacial score (nSPS) is 9.74. The number of aromatic nitrogens is 2. The quantitative estimate of drug-likeness (QED) is 0.657. The predicted octanol–water partition coefficient (Wildman–Crippen LogP) is 0.364. The second kappa shape index (κ2) is 8.00. The lowest BCUT2D eigenvalue weighted by atomic mass is 10.3. The van der Waals surface area contributed by atoms with Crippen LogP contribution >= 0.6 is 0 Å². The van der Waals surface area contributed by atoms with Crippen LogP contribution in [0.25, 0.3) is 0 Å². The molecule has 102 valence electrons. The second-order valence-corrected chi connectivity index (χ2v) is 3.66. The molecular weight excluding hydrogens is 248 g/mol. The third-order valence-corrected chi connectivity index (χ3v) is 2.42. The van der Waals surface area contributed by atoms with Gasteiger partial charge in [-0.05, 0) is 6.07 Å². The first-order chi connectivity index (χ1) is 9.21. The predicted molar refractivity (Wildman–Crippen MR) is 67.5 cm³/mol. The molecule has 0 aromatic carbocycles. The zero-order valence-corrected chi connectivity index (χ0v) is 11.0.